The number of carbonyl (C=O) groups excluding carboxylic acids is 1. The Hall–Kier alpha value is -3.00. The molecule has 4 rings (SSSR count). The molecule has 1 aromatic heterocycles. The van der Waals surface area contributed by atoms with E-state index in [0.29, 0.717) is 22.6 Å². The third kappa shape index (κ3) is 4.37. The molecule has 7 nitrogen and oxygen atoms in total. The molecule has 0 unspecified atom stereocenters. The van der Waals surface area contributed by atoms with E-state index in [1.807, 2.05) is 25.1 Å². The van der Waals surface area contributed by atoms with Gasteiger partial charge >= 0.3 is 0 Å². The minimum atomic E-state index is -3.29. The highest BCUT2D eigenvalue weighted by Gasteiger charge is 2.29. The molecule has 1 fully saturated rings. The van der Waals surface area contributed by atoms with Crippen LogP contribution in [0.3, 0.4) is 0 Å². The first kappa shape index (κ1) is 19.3. The van der Waals surface area contributed by atoms with Crippen LogP contribution >= 0.6 is 0 Å². The van der Waals surface area contributed by atoms with E-state index < -0.39 is 9.84 Å². The van der Waals surface area contributed by atoms with E-state index in [1.54, 1.807) is 18.2 Å². The lowest BCUT2D eigenvalue weighted by atomic mass is 10.1. The second-order valence-corrected chi connectivity index (χ2v) is 9.24. The molecule has 0 spiro atoms. The molecule has 1 saturated carbocycles. The molecule has 29 heavy (non-hydrogen) atoms. The van der Waals surface area contributed by atoms with E-state index >= 15 is 0 Å². The number of aromatic nitrogens is 3. The van der Waals surface area contributed by atoms with Crippen LogP contribution in [0.4, 0.5) is 5.69 Å². The summed E-state index contributed by atoms with van der Waals surface area (Å²) >= 11 is 0. The van der Waals surface area contributed by atoms with Gasteiger partial charge in [0.05, 0.1) is 16.3 Å². The number of carbonyl (C=O) groups is 1. The fourth-order valence-corrected chi connectivity index (χ4v) is 4.76. The summed E-state index contributed by atoms with van der Waals surface area (Å²) in [4.78, 5) is 17.4. The Morgan fingerprint density at radius 2 is 1.86 bits per heavy atom. The van der Waals surface area contributed by atoms with Crippen molar-refractivity contribution in [2.45, 2.75) is 31.1 Å². The van der Waals surface area contributed by atoms with E-state index in [4.69, 9.17) is 0 Å². The summed E-state index contributed by atoms with van der Waals surface area (Å²) < 4.78 is 24.7. The number of amides is 1. The van der Waals surface area contributed by atoms with Crippen LogP contribution in [0, 0.1) is 5.92 Å². The highest BCUT2D eigenvalue weighted by molar-refractivity contribution is 7.91. The number of nitrogens with one attached hydrogen (secondary N) is 2. The van der Waals surface area contributed by atoms with E-state index in [2.05, 4.69) is 20.5 Å². The molecule has 2 N–H and O–H groups in total. The van der Waals surface area contributed by atoms with Crippen LogP contribution in [0.5, 0.6) is 0 Å². The fourth-order valence-electron chi connectivity index (χ4n) is 3.06. The molecule has 0 bridgehead atoms. The Morgan fingerprint density at radius 1 is 1.14 bits per heavy atom. The predicted octanol–water partition coefficient (Wildman–Crippen LogP) is 3.47. The minimum Gasteiger partial charge on any atom is -0.321 e. The van der Waals surface area contributed by atoms with Crippen LogP contribution in [-0.4, -0.2) is 35.3 Å². The summed E-state index contributed by atoms with van der Waals surface area (Å²) in [5, 5.41) is 9.96. The Kier molecular flexibility index (Phi) is 5.19. The van der Waals surface area contributed by atoms with Gasteiger partial charge in [-0.05, 0) is 55.2 Å². The van der Waals surface area contributed by atoms with Crippen LogP contribution in [0.15, 0.2) is 53.4 Å². The number of sulfone groups is 1. The predicted molar refractivity (Wildman–Crippen MR) is 110 cm³/mol. The van der Waals surface area contributed by atoms with E-state index in [1.165, 1.54) is 12.1 Å². The molecule has 0 atom stereocenters. The molecule has 1 aliphatic carbocycles. The standard InChI is InChI=1S/C21H22N4O3S/c1-2-19-23-20(25-24-19)17-5-3-4-6-18(17)22-21(26)15-9-11-16(12-10-15)29(27,28)13-14-7-8-14/h3-6,9-12,14H,2,7-8,13H2,1H3,(H,22,26)(H,23,24,25). The second-order valence-electron chi connectivity index (χ2n) is 7.21. The van der Waals surface area contributed by atoms with E-state index in [-0.39, 0.29) is 22.5 Å². The summed E-state index contributed by atoms with van der Waals surface area (Å²) in [7, 11) is -3.29. The van der Waals surface area contributed by atoms with Crippen LogP contribution < -0.4 is 5.32 Å². The van der Waals surface area contributed by atoms with Gasteiger partial charge in [-0.1, -0.05) is 19.1 Å². The van der Waals surface area contributed by atoms with Crippen molar-refractivity contribution in [2.75, 3.05) is 11.1 Å². The summed E-state index contributed by atoms with van der Waals surface area (Å²) in [6.07, 6.45) is 2.69. The first-order valence-corrected chi connectivity index (χ1v) is 11.3. The lowest BCUT2D eigenvalue weighted by Gasteiger charge is -2.10. The first-order valence-electron chi connectivity index (χ1n) is 9.61. The Labute approximate surface area is 169 Å². The maximum Gasteiger partial charge on any atom is 0.255 e. The number of rotatable bonds is 7. The van der Waals surface area contributed by atoms with Crippen molar-refractivity contribution in [1.29, 1.82) is 0 Å². The van der Waals surface area contributed by atoms with Crippen molar-refractivity contribution in [3.8, 4) is 11.4 Å². The largest absolute Gasteiger partial charge is 0.321 e. The van der Waals surface area contributed by atoms with E-state index in [9.17, 15) is 13.2 Å². The number of hydrogen-bond acceptors (Lipinski definition) is 5. The van der Waals surface area contributed by atoms with Crippen molar-refractivity contribution < 1.29 is 13.2 Å². The zero-order valence-corrected chi connectivity index (χ0v) is 16.9. The monoisotopic (exact) mass is 410 g/mol. The molecule has 1 amide bonds. The maximum atomic E-state index is 12.7. The van der Waals surface area contributed by atoms with Crippen LogP contribution in [0.1, 0.15) is 35.9 Å². The third-order valence-corrected chi connectivity index (χ3v) is 6.81. The van der Waals surface area contributed by atoms with Gasteiger partial charge in [0.15, 0.2) is 15.7 Å². The minimum absolute atomic E-state index is 0.183. The second kappa shape index (κ2) is 7.79. The number of aromatic amines is 1. The van der Waals surface area contributed by atoms with Crippen molar-refractivity contribution >= 4 is 21.4 Å². The number of hydrogen-bond donors (Lipinski definition) is 2. The van der Waals surface area contributed by atoms with E-state index in [0.717, 1.165) is 25.1 Å². The van der Waals surface area contributed by atoms with Crippen LogP contribution in [0.2, 0.25) is 0 Å². The molecule has 0 saturated heterocycles. The van der Waals surface area contributed by atoms with Crippen molar-refractivity contribution in [2.24, 2.45) is 5.92 Å². The summed E-state index contributed by atoms with van der Waals surface area (Å²) in [6, 6.07) is 13.4. The molecule has 3 aromatic rings. The third-order valence-electron chi connectivity index (χ3n) is 4.91. The summed E-state index contributed by atoms with van der Waals surface area (Å²) in [6.45, 7) is 1.98. The Balaban J connectivity index is 1.52. The normalized spacial score (nSPS) is 14.0. The molecule has 0 radical (unpaired) electrons. The van der Waals surface area contributed by atoms with Crippen LogP contribution in [0.25, 0.3) is 11.4 Å². The molecule has 1 heterocycles. The molecule has 8 heteroatoms. The quantitative estimate of drug-likeness (QED) is 0.620. The lowest BCUT2D eigenvalue weighted by Crippen LogP contribution is -2.13. The lowest BCUT2D eigenvalue weighted by molar-refractivity contribution is 0.102. The zero-order valence-electron chi connectivity index (χ0n) is 16.1. The summed E-state index contributed by atoms with van der Waals surface area (Å²) in [5.74, 6) is 1.42. The number of anilines is 1. The van der Waals surface area contributed by atoms with Gasteiger partial charge in [-0.2, -0.15) is 5.10 Å². The SMILES string of the molecule is CCc1nc(-c2ccccc2NC(=O)c2ccc(S(=O)(=O)CC3CC3)cc2)n[nH]1. The number of aryl methyl sites for hydroxylation is 1. The smallest absolute Gasteiger partial charge is 0.255 e. The van der Waals surface area contributed by atoms with Gasteiger partial charge in [0.25, 0.3) is 5.91 Å². The number of para-hydroxylation sites is 1. The molecule has 2 aromatic carbocycles. The average Bonchev–Trinajstić information content (AvgIpc) is 3.39. The topological polar surface area (TPSA) is 105 Å². The highest BCUT2D eigenvalue weighted by atomic mass is 32.2. The molecule has 150 valence electrons. The van der Waals surface area contributed by atoms with Gasteiger partial charge in [0, 0.05) is 17.5 Å². The zero-order chi connectivity index (χ0) is 20.4. The molecular formula is C21H22N4O3S. The highest BCUT2D eigenvalue weighted by Crippen LogP contribution is 2.32. The summed E-state index contributed by atoms with van der Waals surface area (Å²) in [5.41, 5.74) is 1.68. The maximum absolute atomic E-state index is 12.7. The Bertz CT molecular complexity index is 1130. The average molecular weight is 410 g/mol. The van der Waals surface area contributed by atoms with Gasteiger partial charge in [-0.25, -0.2) is 13.4 Å². The number of nitrogens with zero attached hydrogens (tertiary/aromatic N) is 2. The first-order chi connectivity index (χ1) is 14.0. The van der Waals surface area contributed by atoms with Gasteiger partial charge < -0.3 is 5.32 Å². The van der Waals surface area contributed by atoms with Gasteiger partial charge in [-0.3, -0.25) is 9.89 Å². The number of benzene rings is 2. The Morgan fingerprint density at radius 3 is 2.52 bits per heavy atom. The molecule has 1 aliphatic rings. The molecular weight excluding hydrogens is 388 g/mol. The van der Waals surface area contributed by atoms with Gasteiger partial charge in [-0.15, -0.1) is 0 Å². The van der Waals surface area contributed by atoms with Crippen molar-refractivity contribution in [3.63, 3.8) is 0 Å². The number of H-pyrrole nitrogens is 1. The van der Waals surface area contributed by atoms with Crippen LogP contribution in [-0.2, 0) is 16.3 Å². The van der Waals surface area contributed by atoms with Gasteiger partial charge in [0.2, 0.25) is 0 Å². The van der Waals surface area contributed by atoms with Crippen molar-refractivity contribution in [3.05, 3.63) is 59.9 Å². The van der Waals surface area contributed by atoms with Crippen molar-refractivity contribution in [1.82, 2.24) is 15.2 Å². The fraction of sp³-hybridized carbons (Fsp3) is 0.286. The molecule has 0 aliphatic heterocycles. The van der Waals surface area contributed by atoms with Gasteiger partial charge in [0.1, 0.15) is 5.82 Å².